The van der Waals surface area contributed by atoms with Crippen molar-refractivity contribution < 1.29 is 4.79 Å². The molecule has 144 valence electrons. The van der Waals surface area contributed by atoms with Crippen molar-refractivity contribution in [3.63, 3.8) is 0 Å². The van der Waals surface area contributed by atoms with Crippen molar-refractivity contribution in [2.75, 3.05) is 0 Å². The molecule has 5 nitrogen and oxygen atoms in total. The van der Waals surface area contributed by atoms with Gasteiger partial charge in [-0.2, -0.15) is 0 Å². The number of fused-ring (bicyclic) bond motifs is 3. The lowest BCUT2D eigenvalue weighted by Gasteiger charge is -2.43. The van der Waals surface area contributed by atoms with E-state index in [0.717, 1.165) is 24.2 Å². The molecule has 2 fully saturated rings. The van der Waals surface area contributed by atoms with E-state index >= 15 is 0 Å². The molecule has 1 amide bonds. The summed E-state index contributed by atoms with van der Waals surface area (Å²) in [7, 11) is 0. The largest absolute Gasteiger partial charge is 0.350 e. The van der Waals surface area contributed by atoms with Crippen LogP contribution in [0.3, 0.4) is 0 Å². The molecule has 0 saturated heterocycles. The first-order valence-corrected chi connectivity index (χ1v) is 9.14. The van der Waals surface area contributed by atoms with E-state index in [4.69, 9.17) is 17.3 Å². The fraction of sp³-hybridized carbons (Fsp3) is 0.556. The summed E-state index contributed by atoms with van der Waals surface area (Å²) >= 11 is 5.99. The van der Waals surface area contributed by atoms with Gasteiger partial charge in [0.05, 0.1) is 17.3 Å². The third-order valence-corrected chi connectivity index (χ3v) is 5.92. The Kier molecular flexibility index (Phi) is 7.19. The van der Waals surface area contributed by atoms with Crippen molar-refractivity contribution >= 4 is 48.0 Å². The zero-order valence-electron chi connectivity index (χ0n) is 14.4. The normalized spacial score (nSPS) is 27.3. The molecule has 4 rings (SSSR count). The minimum absolute atomic E-state index is 0. The Morgan fingerprint density at radius 1 is 1.23 bits per heavy atom. The van der Waals surface area contributed by atoms with Gasteiger partial charge in [-0.15, -0.1) is 24.8 Å². The first-order valence-electron chi connectivity index (χ1n) is 8.76. The minimum atomic E-state index is 0. The summed E-state index contributed by atoms with van der Waals surface area (Å²) in [6.07, 6.45) is 9.21. The van der Waals surface area contributed by atoms with Crippen molar-refractivity contribution in [2.45, 2.75) is 44.7 Å². The van der Waals surface area contributed by atoms with Crippen LogP contribution in [0.25, 0.3) is 5.65 Å². The van der Waals surface area contributed by atoms with Gasteiger partial charge in [-0.3, -0.25) is 4.79 Å². The highest BCUT2D eigenvalue weighted by atomic mass is 35.5. The van der Waals surface area contributed by atoms with Crippen molar-refractivity contribution in [1.29, 1.82) is 0 Å². The number of halogens is 3. The van der Waals surface area contributed by atoms with Gasteiger partial charge in [-0.1, -0.05) is 18.0 Å². The Morgan fingerprint density at radius 3 is 2.62 bits per heavy atom. The van der Waals surface area contributed by atoms with E-state index in [-0.39, 0.29) is 36.6 Å². The van der Waals surface area contributed by atoms with Gasteiger partial charge in [-0.05, 0) is 49.7 Å². The molecule has 2 aromatic heterocycles. The highest BCUT2D eigenvalue weighted by Gasteiger charge is 2.40. The van der Waals surface area contributed by atoms with E-state index in [9.17, 15) is 4.79 Å². The molecule has 2 aliphatic carbocycles. The number of pyridine rings is 1. The lowest BCUT2D eigenvalue weighted by molar-refractivity contribution is -0.128. The Balaban J connectivity index is 0.00000121. The molecule has 26 heavy (non-hydrogen) atoms. The number of nitrogens with zero attached hydrogens (tertiary/aromatic N) is 2. The Bertz CT molecular complexity index is 752. The monoisotopic (exact) mass is 418 g/mol. The first kappa shape index (κ1) is 21.3. The van der Waals surface area contributed by atoms with Gasteiger partial charge in [-0.25, -0.2) is 4.98 Å². The number of rotatable bonds is 3. The molecule has 2 saturated carbocycles. The summed E-state index contributed by atoms with van der Waals surface area (Å²) < 4.78 is 1.88. The third-order valence-electron chi connectivity index (χ3n) is 5.69. The zero-order valence-corrected chi connectivity index (χ0v) is 16.8. The molecular formula is C18H25Cl3N4O. The highest BCUT2D eigenvalue weighted by Crippen LogP contribution is 2.41. The standard InChI is InChI=1S/C18H23ClN4O.2ClH/c19-14-4-5-16-22-15(10-23(16)9-14)8-21-18(24)13-6-11-2-1-3-12(7-13)17(11)20;;/h4-5,9-13,17H,1-3,6-8,20H2,(H,21,24);2*1H. The summed E-state index contributed by atoms with van der Waals surface area (Å²) in [6, 6.07) is 3.99. The van der Waals surface area contributed by atoms with Crippen LogP contribution in [0.1, 0.15) is 37.8 Å². The van der Waals surface area contributed by atoms with E-state index in [0.29, 0.717) is 29.4 Å². The van der Waals surface area contributed by atoms with Crippen molar-refractivity contribution in [3.8, 4) is 0 Å². The zero-order chi connectivity index (χ0) is 16.7. The van der Waals surface area contributed by atoms with Crippen LogP contribution in [0, 0.1) is 17.8 Å². The third kappa shape index (κ3) is 4.28. The molecule has 2 heterocycles. The second-order valence-electron chi connectivity index (χ2n) is 7.26. The average molecular weight is 420 g/mol. The van der Waals surface area contributed by atoms with Crippen LogP contribution < -0.4 is 11.1 Å². The van der Waals surface area contributed by atoms with Gasteiger partial charge in [0.2, 0.25) is 5.91 Å². The van der Waals surface area contributed by atoms with E-state index in [1.54, 1.807) is 0 Å². The Hall–Kier alpha value is -1.01. The maximum Gasteiger partial charge on any atom is 0.223 e. The number of carbonyl (C=O) groups is 1. The summed E-state index contributed by atoms with van der Waals surface area (Å²) in [6.45, 7) is 0.454. The lowest BCUT2D eigenvalue weighted by Crippen LogP contribution is -2.49. The van der Waals surface area contributed by atoms with Gasteiger partial charge < -0.3 is 15.5 Å². The molecule has 2 atom stereocenters. The van der Waals surface area contributed by atoms with Crippen LogP contribution in [-0.4, -0.2) is 21.3 Å². The minimum Gasteiger partial charge on any atom is -0.350 e. The van der Waals surface area contributed by atoms with Crippen LogP contribution in [0.2, 0.25) is 5.02 Å². The first-order chi connectivity index (χ1) is 11.6. The average Bonchev–Trinajstić information content (AvgIpc) is 2.94. The molecule has 8 heteroatoms. The number of amides is 1. The molecule has 0 aliphatic heterocycles. The maximum atomic E-state index is 12.6. The van der Waals surface area contributed by atoms with E-state index in [1.165, 1.54) is 19.3 Å². The molecule has 2 bridgehead atoms. The molecule has 2 aromatic rings. The fourth-order valence-corrected chi connectivity index (χ4v) is 4.60. The maximum absolute atomic E-state index is 12.6. The quantitative estimate of drug-likeness (QED) is 0.798. The second-order valence-corrected chi connectivity index (χ2v) is 7.70. The van der Waals surface area contributed by atoms with Gasteiger partial charge >= 0.3 is 0 Å². The molecule has 3 N–H and O–H groups in total. The van der Waals surface area contributed by atoms with Crippen LogP contribution in [0.5, 0.6) is 0 Å². The van der Waals surface area contributed by atoms with Gasteiger partial charge in [0.1, 0.15) is 5.65 Å². The van der Waals surface area contributed by atoms with Crippen LogP contribution in [0.15, 0.2) is 24.5 Å². The highest BCUT2D eigenvalue weighted by molar-refractivity contribution is 6.30. The molecule has 2 unspecified atom stereocenters. The van der Waals surface area contributed by atoms with Gasteiger partial charge in [0.25, 0.3) is 0 Å². The number of hydrogen-bond acceptors (Lipinski definition) is 3. The van der Waals surface area contributed by atoms with E-state index < -0.39 is 0 Å². The number of carbonyl (C=O) groups excluding carboxylic acids is 1. The topological polar surface area (TPSA) is 72.4 Å². The Morgan fingerprint density at radius 2 is 1.92 bits per heavy atom. The van der Waals surface area contributed by atoms with E-state index in [2.05, 4.69) is 10.3 Å². The predicted octanol–water partition coefficient (Wildman–Crippen LogP) is 3.60. The van der Waals surface area contributed by atoms with E-state index in [1.807, 2.05) is 28.9 Å². The van der Waals surface area contributed by atoms with Crippen molar-refractivity contribution in [1.82, 2.24) is 14.7 Å². The Labute approximate surface area is 170 Å². The molecule has 2 aliphatic rings. The van der Waals surface area contributed by atoms with Gasteiger partial charge in [0, 0.05) is 24.4 Å². The van der Waals surface area contributed by atoms with Crippen molar-refractivity contribution in [2.24, 2.45) is 23.5 Å². The second kappa shape index (κ2) is 8.79. The lowest BCUT2D eigenvalue weighted by atomic mass is 9.65. The number of aromatic nitrogens is 2. The predicted molar refractivity (Wildman–Crippen MR) is 108 cm³/mol. The van der Waals surface area contributed by atoms with Crippen LogP contribution in [0.4, 0.5) is 0 Å². The molecule has 0 spiro atoms. The van der Waals surface area contributed by atoms with Crippen LogP contribution >= 0.6 is 36.4 Å². The molecule has 0 radical (unpaired) electrons. The number of nitrogens with one attached hydrogen (secondary N) is 1. The summed E-state index contributed by atoms with van der Waals surface area (Å²) in [5.41, 5.74) is 7.99. The molecular weight excluding hydrogens is 395 g/mol. The summed E-state index contributed by atoms with van der Waals surface area (Å²) in [4.78, 5) is 17.1. The number of hydrogen-bond donors (Lipinski definition) is 2. The number of imidazole rings is 1. The smallest absolute Gasteiger partial charge is 0.223 e. The number of nitrogens with two attached hydrogens (primary N) is 1. The molecule has 0 aromatic carbocycles. The van der Waals surface area contributed by atoms with Crippen molar-refractivity contribution in [3.05, 3.63) is 35.2 Å². The van der Waals surface area contributed by atoms with Gasteiger partial charge in [0.15, 0.2) is 0 Å². The summed E-state index contributed by atoms with van der Waals surface area (Å²) in [5.74, 6) is 1.29. The summed E-state index contributed by atoms with van der Waals surface area (Å²) in [5, 5.41) is 3.73. The SMILES string of the molecule is Cl.Cl.NC1C2CCCC1CC(C(=O)NCc1cn3cc(Cl)ccc3n1)C2. The van der Waals surface area contributed by atoms with Crippen LogP contribution in [-0.2, 0) is 11.3 Å². The fourth-order valence-electron chi connectivity index (χ4n) is 4.43.